The van der Waals surface area contributed by atoms with E-state index >= 15 is 0 Å². The molecular formula is C6H6N4. The van der Waals surface area contributed by atoms with Crippen LogP contribution in [0, 0.1) is 0 Å². The van der Waals surface area contributed by atoms with E-state index in [4.69, 9.17) is 0 Å². The molecule has 2 heterocycles. The average Bonchev–Trinajstić information content (AvgIpc) is 2.05. The molecule has 0 unspecified atom stereocenters. The summed E-state index contributed by atoms with van der Waals surface area (Å²) in [6.45, 7) is 0.771. The predicted molar refractivity (Wildman–Crippen MR) is 40.3 cm³/mol. The molecule has 4 nitrogen and oxygen atoms in total. The molecule has 0 bridgehead atoms. The van der Waals surface area contributed by atoms with E-state index in [2.05, 4.69) is 15.2 Å². The van der Waals surface area contributed by atoms with E-state index < -0.39 is 0 Å². The Bertz CT molecular complexity index is 248. The molecule has 0 spiro atoms. The number of guanidine groups is 1. The highest BCUT2D eigenvalue weighted by Gasteiger charge is 2.09. The van der Waals surface area contributed by atoms with Gasteiger partial charge in [0.25, 0.3) is 0 Å². The molecule has 0 radical (unpaired) electrons. The van der Waals surface area contributed by atoms with Crippen LogP contribution in [0.15, 0.2) is 27.5 Å². The van der Waals surface area contributed by atoms with Crippen molar-refractivity contribution in [3.05, 3.63) is 12.3 Å². The minimum absolute atomic E-state index is 0.671. The Hall–Kier alpha value is -1.45. The van der Waals surface area contributed by atoms with Gasteiger partial charge in [0.15, 0.2) is 0 Å². The molecule has 0 aromatic rings. The number of fused-ring (bicyclic) bond motifs is 1. The Balaban J connectivity index is 2.34. The maximum atomic E-state index is 4.00. The van der Waals surface area contributed by atoms with Gasteiger partial charge in [-0.2, -0.15) is 5.10 Å². The van der Waals surface area contributed by atoms with Gasteiger partial charge in [0.2, 0.25) is 5.96 Å². The highest BCUT2D eigenvalue weighted by Crippen LogP contribution is 2.02. The lowest BCUT2D eigenvalue weighted by molar-refractivity contribution is 0.620. The molecule has 0 aromatic heterocycles. The molecule has 50 valence electrons. The van der Waals surface area contributed by atoms with Gasteiger partial charge < -0.3 is 4.90 Å². The van der Waals surface area contributed by atoms with Crippen molar-refractivity contribution < 1.29 is 0 Å². The zero-order chi connectivity index (χ0) is 6.81. The Morgan fingerprint density at radius 3 is 3.40 bits per heavy atom. The average molecular weight is 134 g/mol. The van der Waals surface area contributed by atoms with Crippen LogP contribution in [-0.4, -0.2) is 29.8 Å². The van der Waals surface area contributed by atoms with Crippen molar-refractivity contribution in [1.82, 2.24) is 4.90 Å². The highest BCUT2D eigenvalue weighted by atomic mass is 15.4. The monoisotopic (exact) mass is 134 g/mol. The predicted octanol–water partition coefficient (Wildman–Crippen LogP) is 0.242. The molecule has 0 N–H and O–H groups in total. The smallest absolute Gasteiger partial charge is 0.249 e. The molecule has 0 atom stereocenters. The minimum Gasteiger partial charge on any atom is -0.310 e. The fourth-order valence-electron chi connectivity index (χ4n) is 0.836. The second-order valence-corrected chi connectivity index (χ2v) is 1.97. The van der Waals surface area contributed by atoms with Crippen LogP contribution in [0.2, 0.25) is 0 Å². The summed E-state index contributed by atoms with van der Waals surface area (Å²) >= 11 is 0. The normalized spacial score (nSPS) is 20.8. The van der Waals surface area contributed by atoms with Gasteiger partial charge in [0, 0.05) is 18.6 Å². The van der Waals surface area contributed by atoms with Crippen LogP contribution in [0.1, 0.15) is 0 Å². The van der Waals surface area contributed by atoms with Gasteiger partial charge in [0.05, 0.1) is 6.54 Å². The summed E-state index contributed by atoms with van der Waals surface area (Å²) in [6, 6.07) is 0. The molecule has 10 heavy (non-hydrogen) atoms. The molecule has 0 fully saturated rings. The van der Waals surface area contributed by atoms with E-state index in [-0.39, 0.29) is 0 Å². The van der Waals surface area contributed by atoms with E-state index in [1.54, 1.807) is 12.4 Å². The molecule has 0 amide bonds. The molecule has 2 aliphatic heterocycles. The number of hydrogen-bond acceptors (Lipinski definition) is 4. The van der Waals surface area contributed by atoms with Crippen LogP contribution < -0.4 is 0 Å². The molecule has 2 aliphatic rings. The van der Waals surface area contributed by atoms with Gasteiger partial charge in [-0.15, -0.1) is 5.10 Å². The van der Waals surface area contributed by atoms with Crippen molar-refractivity contribution >= 4 is 18.4 Å². The SMILES string of the molecule is C1=CN2CC=NN=C2N=C1. The van der Waals surface area contributed by atoms with Crippen molar-refractivity contribution in [3.63, 3.8) is 0 Å². The second-order valence-electron chi connectivity index (χ2n) is 1.97. The third kappa shape index (κ3) is 0.737. The summed E-state index contributed by atoms with van der Waals surface area (Å²) < 4.78 is 0. The van der Waals surface area contributed by atoms with Gasteiger partial charge in [0.1, 0.15) is 0 Å². The third-order valence-electron chi connectivity index (χ3n) is 1.31. The zero-order valence-corrected chi connectivity index (χ0v) is 5.31. The first kappa shape index (κ1) is 5.34. The summed E-state index contributed by atoms with van der Waals surface area (Å²) in [4.78, 5) is 5.93. The van der Waals surface area contributed by atoms with Crippen molar-refractivity contribution in [3.8, 4) is 0 Å². The van der Waals surface area contributed by atoms with Gasteiger partial charge in [-0.05, 0) is 6.08 Å². The summed E-state index contributed by atoms with van der Waals surface area (Å²) in [5, 5.41) is 7.55. The first-order valence-corrected chi connectivity index (χ1v) is 3.04. The van der Waals surface area contributed by atoms with E-state index in [0.29, 0.717) is 5.96 Å². The van der Waals surface area contributed by atoms with Crippen molar-refractivity contribution in [2.75, 3.05) is 6.54 Å². The fraction of sp³-hybridized carbons (Fsp3) is 0.167. The molecule has 0 saturated carbocycles. The Labute approximate surface area is 58.3 Å². The number of nitrogens with zero attached hydrogens (tertiary/aromatic N) is 4. The highest BCUT2D eigenvalue weighted by molar-refractivity contribution is 5.96. The van der Waals surface area contributed by atoms with Crippen LogP contribution in [0.25, 0.3) is 0 Å². The van der Waals surface area contributed by atoms with Gasteiger partial charge in [-0.3, -0.25) is 0 Å². The molecular weight excluding hydrogens is 128 g/mol. The van der Waals surface area contributed by atoms with E-state index in [1.807, 2.05) is 17.2 Å². The lowest BCUT2D eigenvalue weighted by atomic mass is 10.5. The summed E-state index contributed by atoms with van der Waals surface area (Å²) in [6.07, 6.45) is 7.25. The first-order chi connectivity index (χ1) is 4.97. The van der Waals surface area contributed by atoms with Gasteiger partial charge >= 0.3 is 0 Å². The van der Waals surface area contributed by atoms with Crippen LogP contribution >= 0.6 is 0 Å². The zero-order valence-electron chi connectivity index (χ0n) is 5.31. The Morgan fingerprint density at radius 2 is 2.50 bits per heavy atom. The lowest BCUT2D eigenvalue weighted by Gasteiger charge is -2.19. The number of rotatable bonds is 0. The van der Waals surface area contributed by atoms with E-state index in [0.717, 1.165) is 6.54 Å². The van der Waals surface area contributed by atoms with Crippen molar-refractivity contribution in [2.45, 2.75) is 0 Å². The minimum atomic E-state index is 0.671. The van der Waals surface area contributed by atoms with Crippen molar-refractivity contribution in [2.24, 2.45) is 15.2 Å². The van der Waals surface area contributed by atoms with Gasteiger partial charge in [-0.25, -0.2) is 4.99 Å². The summed E-state index contributed by atoms with van der Waals surface area (Å²) in [5.74, 6) is 0.671. The van der Waals surface area contributed by atoms with Crippen LogP contribution in [0.3, 0.4) is 0 Å². The van der Waals surface area contributed by atoms with Crippen LogP contribution in [0.4, 0.5) is 0 Å². The number of allylic oxidation sites excluding steroid dienone is 1. The van der Waals surface area contributed by atoms with E-state index in [1.165, 1.54) is 0 Å². The molecule has 0 aromatic carbocycles. The molecule has 0 saturated heterocycles. The van der Waals surface area contributed by atoms with E-state index in [9.17, 15) is 0 Å². The molecule has 4 heteroatoms. The largest absolute Gasteiger partial charge is 0.310 e. The van der Waals surface area contributed by atoms with Crippen LogP contribution in [0.5, 0.6) is 0 Å². The Morgan fingerprint density at radius 1 is 1.50 bits per heavy atom. The summed E-state index contributed by atoms with van der Waals surface area (Å²) in [7, 11) is 0. The topological polar surface area (TPSA) is 40.3 Å². The fourth-order valence-corrected chi connectivity index (χ4v) is 0.836. The quantitative estimate of drug-likeness (QED) is 0.468. The second kappa shape index (κ2) is 2.06. The maximum Gasteiger partial charge on any atom is 0.249 e. The molecule has 2 rings (SSSR count). The molecule has 0 aliphatic carbocycles. The third-order valence-corrected chi connectivity index (χ3v) is 1.31. The Kier molecular flexibility index (Phi) is 1.10. The number of hydrogen-bond donors (Lipinski definition) is 0. The van der Waals surface area contributed by atoms with Crippen LogP contribution in [-0.2, 0) is 0 Å². The first-order valence-electron chi connectivity index (χ1n) is 3.04. The standard InChI is InChI=1S/C6H6N4/c1-2-7-6-9-8-3-5-10(6)4-1/h1-4H,5H2. The number of aliphatic imine (C=N–C) groups is 1. The lowest BCUT2D eigenvalue weighted by Crippen LogP contribution is -2.29. The summed E-state index contributed by atoms with van der Waals surface area (Å²) in [5.41, 5.74) is 0. The van der Waals surface area contributed by atoms with Gasteiger partial charge in [-0.1, -0.05) is 0 Å². The van der Waals surface area contributed by atoms with Crippen molar-refractivity contribution in [1.29, 1.82) is 0 Å². The maximum absolute atomic E-state index is 4.00.